The molecule has 3 heterocycles. The summed E-state index contributed by atoms with van der Waals surface area (Å²) in [6.07, 6.45) is 3.82. The van der Waals surface area contributed by atoms with E-state index in [9.17, 15) is 4.79 Å². The molecule has 0 saturated carbocycles. The number of amides is 1. The molecular weight excluding hydrogens is 440 g/mol. The summed E-state index contributed by atoms with van der Waals surface area (Å²) in [5.74, 6) is 1.09. The van der Waals surface area contributed by atoms with Gasteiger partial charge in [-0.1, -0.05) is 72.0 Å². The lowest BCUT2D eigenvalue weighted by Crippen LogP contribution is -2.35. The van der Waals surface area contributed by atoms with Crippen LogP contribution in [0.2, 0.25) is 0 Å². The van der Waals surface area contributed by atoms with E-state index in [4.69, 9.17) is 27.0 Å². The minimum Gasteiger partial charge on any atom is -0.376 e. The Morgan fingerprint density at radius 1 is 1.19 bits per heavy atom. The van der Waals surface area contributed by atoms with Crippen LogP contribution in [-0.2, 0) is 9.53 Å². The van der Waals surface area contributed by atoms with Crippen molar-refractivity contribution in [2.45, 2.75) is 25.9 Å². The van der Waals surface area contributed by atoms with Crippen LogP contribution in [0.15, 0.2) is 59.5 Å². The van der Waals surface area contributed by atoms with Crippen LogP contribution in [0.25, 0.3) is 23.2 Å². The van der Waals surface area contributed by atoms with E-state index in [1.165, 1.54) is 17.3 Å². The SMILES string of the molecule is Cc1ccc(-c2nc(/C=C3/SC(=S)N(C[C@@H]4CCCO4)C3=O)n(-c3ccccc3)n2)cc1. The number of thioether (sulfide) groups is 1. The molecular formula is C24H22N4O2S2. The van der Waals surface area contributed by atoms with Gasteiger partial charge in [-0.05, 0) is 31.9 Å². The fourth-order valence-corrected chi connectivity index (χ4v) is 5.01. The molecule has 1 aromatic heterocycles. The summed E-state index contributed by atoms with van der Waals surface area (Å²) in [7, 11) is 0. The lowest BCUT2D eigenvalue weighted by atomic mass is 10.1. The van der Waals surface area contributed by atoms with E-state index in [0.29, 0.717) is 27.4 Å². The van der Waals surface area contributed by atoms with Crippen LogP contribution >= 0.6 is 24.0 Å². The van der Waals surface area contributed by atoms with E-state index in [1.807, 2.05) is 61.5 Å². The fourth-order valence-electron chi connectivity index (χ4n) is 3.77. The number of carbonyl (C=O) groups excluding carboxylic acids is 1. The smallest absolute Gasteiger partial charge is 0.266 e. The number of carbonyl (C=O) groups is 1. The second-order valence-electron chi connectivity index (χ2n) is 7.83. The van der Waals surface area contributed by atoms with Crippen LogP contribution in [0.5, 0.6) is 0 Å². The second kappa shape index (κ2) is 8.97. The maximum atomic E-state index is 13.1. The van der Waals surface area contributed by atoms with Gasteiger partial charge in [-0.15, -0.1) is 5.10 Å². The third-order valence-electron chi connectivity index (χ3n) is 5.49. The van der Waals surface area contributed by atoms with Crippen molar-refractivity contribution in [3.8, 4) is 17.1 Å². The number of aryl methyl sites for hydroxylation is 1. The van der Waals surface area contributed by atoms with Gasteiger partial charge >= 0.3 is 0 Å². The van der Waals surface area contributed by atoms with Crippen molar-refractivity contribution in [2.75, 3.05) is 13.2 Å². The number of aromatic nitrogens is 3. The number of nitrogens with zero attached hydrogens (tertiary/aromatic N) is 4. The summed E-state index contributed by atoms with van der Waals surface area (Å²) in [6.45, 7) is 3.29. The molecule has 8 heteroatoms. The van der Waals surface area contributed by atoms with Crippen LogP contribution < -0.4 is 0 Å². The number of para-hydroxylation sites is 1. The van der Waals surface area contributed by atoms with Crippen LogP contribution in [-0.4, -0.2) is 49.1 Å². The van der Waals surface area contributed by atoms with Crippen molar-refractivity contribution in [1.29, 1.82) is 0 Å². The Bertz CT molecular complexity index is 1180. The third-order valence-corrected chi connectivity index (χ3v) is 6.86. The largest absolute Gasteiger partial charge is 0.376 e. The maximum absolute atomic E-state index is 13.1. The van der Waals surface area contributed by atoms with Crippen LogP contribution in [0.3, 0.4) is 0 Å². The zero-order valence-electron chi connectivity index (χ0n) is 17.6. The molecule has 6 nitrogen and oxygen atoms in total. The minimum absolute atomic E-state index is 0.0537. The highest BCUT2D eigenvalue weighted by Crippen LogP contribution is 2.34. The van der Waals surface area contributed by atoms with E-state index in [-0.39, 0.29) is 12.0 Å². The number of hydrogen-bond donors (Lipinski definition) is 0. The molecule has 3 aromatic rings. The van der Waals surface area contributed by atoms with Crippen molar-refractivity contribution < 1.29 is 9.53 Å². The highest BCUT2D eigenvalue weighted by molar-refractivity contribution is 8.26. The van der Waals surface area contributed by atoms with E-state index >= 15 is 0 Å². The molecule has 1 atom stereocenters. The van der Waals surface area contributed by atoms with Gasteiger partial charge in [-0.2, -0.15) is 0 Å². The topological polar surface area (TPSA) is 60.3 Å². The highest BCUT2D eigenvalue weighted by atomic mass is 32.2. The molecule has 0 unspecified atom stereocenters. The van der Waals surface area contributed by atoms with E-state index in [1.54, 1.807) is 15.7 Å². The van der Waals surface area contributed by atoms with Gasteiger partial charge in [0, 0.05) is 18.2 Å². The molecule has 32 heavy (non-hydrogen) atoms. The van der Waals surface area contributed by atoms with Gasteiger partial charge in [0.25, 0.3) is 5.91 Å². The van der Waals surface area contributed by atoms with Gasteiger partial charge in [0.1, 0.15) is 4.32 Å². The van der Waals surface area contributed by atoms with Gasteiger partial charge in [0.15, 0.2) is 11.6 Å². The lowest BCUT2D eigenvalue weighted by molar-refractivity contribution is -0.123. The number of hydrogen-bond acceptors (Lipinski definition) is 6. The van der Waals surface area contributed by atoms with Crippen molar-refractivity contribution in [3.05, 3.63) is 70.9 Å². The van der Waals surface area contributed by atoms with Crippen LogP contribution in [0, 0.1) is 6.92 Å². The number of ether oxygens (including phenoxy) is 1. The number of rotatable bonds is 5. The monoisotopic (exact) mass is 462 g/mol. The molecule has 5 rings (SSSR count). The van der Waals surface area contributed by atoms with E-state index in [0.717, 1.165) is 30.7 Å². The van der Waals surface area contributed by atoms with E-state index in [2.05, 4.69) is 0 Å². The predicted molar refractivity (Wildman–Crippen MR) is 130 cm³/mol. The van der Waals surface area contributed by atoms with Crippen molar-refractivity contribution in [3.63, 3.8) is 0 Å². The van der Waals surface area contributed by atoms with Gasteiger partial charge in [0.05, 0.1) is 23.2 Å². The first-order valence-corrected chi connectivity index (χ1v) is 11.8. The van der Waals surface area contributed by atoms with Crippen molar-refractivity contribution in [1.82, 2.24) is 19.7 Å². The Kier molecular flexibility index (Phi) is 5.91. The molecule has 0 aliphatic carbocycles. The molecule has 2 fully saturated rings. The molecule has 0 spiro atoms. The molecule has 2 saturated heterocycles. The zero-order valence-corrected chi connectivity index (χ0v) is 19.2. The lowest BCUT2D eigenvalue weighted by Gasteiger charge is -2.18. The van der Waals surface area contributed by atoms with Gasteiger partial charge in [0.2, 0.25) is 0 Å². The van der Waals surface area contributed by atoms with Gasteiger partial charge in [-0.25, -0.2) is 9.67 Å². The van der Waals surface area contributed by atoms with Gasteiger partial charge < -0.3 is 4.74 Å². The second-order valence-corrected chi connectivity index (χ2v) is 9.51. The summed E-state index contributed by atoms with van der Waals surface area (Å²) >= 11 is 6.80. The summed E-state index contributed by atoms with van der Waals surface area (Å²) in [5.41, 5.74) is 2.97. The summed E-state index contributed by atoms with van der Waals surface area (Å²) < 4.78 is 8.02. The Morgan fingerprint density at radius 2 is 1.97 bits per heavy atom. The molecule has 2 aliphatic rings. The van der Waals surface area contributed by atoms with E-state index < -0.39 is 0 Å². The fraction of sp³-hybridized carbons (Fsp3) is 0.250. The predicted octanol–water partition coefficient (Wildman–Crippen LogP) is 4.62. The average Bonchev–Trinajstić information content (AvgIpc) is 3.53. The molecule has 1 amide bonds. The van der Waals surface area contributed by atoms with Crippen LogP contribution in [0.1, 0.15) is 24.2 Å². The molecule has 0 N–H and O–H groups in total. The molecule has 2 aromatic carbocycles. The first-order chi connectivity index (χ1) is 15.6. The molecule has 0 bridgehead atoms. The normalized spacial score (nSPS) is 20.0. The molecule has 2 aliphatic heterocycles. The third kappa shape index (κ3) is 4.26. The standard InChI is InChI=1S/C24H22N4O2S2/c1-16-9-11-17(12-10-16)22-25-21(28(26-22)18-6-3-2-4-7-18)14-20-23(29)27(24(31)32-20)15-19-8-5-13-30-19/h2-4,6-7,9-12,14,19H,5,8,13,15H2,1H3/b20-14+/t19-/m0/s1. The summed E-state index contributed by atoms with van der Waals surface area (Å²) in [5, 5.41) is 4.74. The molecule has 0 radical (unpaired) electrons. The van der Waals surface area contributed by atoms with Crippen molar-refractivity contribution >= 4 is 40.3 Å². The first kappa shape index (κ1) is 21.1. The Hall–Kier alpha value is -2.81. The number of thiocarbonyl (C=S) groups is 1. The quantitative estimate of drug-likeness (QED) is 0.407. The Labute approximate surface area is 196 Å². The molecule has 162 valence electrons. The first-order valence-electron chi connectivity index (χ1n) is 10.5. The van der Waals surface area contributed by atoms with Crippen LogP contribution in [0.4, 0.5) is 0 Å². The highest BCUT2D eigenvalue weighted by Gasteiger charge is 2.35. The Morgan fingerprint density at radius 3 is 2.69 bits per heavy atom. The summed E-state index contributed by atoms with van der Waals surface area (Å²) in [4.78, 5) is 20.1. The zero-order chi connectivity index (χ0) is 22.1. The minimum atomic E-state index is -0.102. The Balaban J connectivity index is 1.50. The van der Waals surface area contributed by atoms with Crippen molar-refractivity contribution in [2.24, 2.45) is 0 Å². The maximum Gasteiger partial charge on any atom is 0.266 e. The number of benzene rings is 2. The van der Waals surface area contributed by atoms with Gasteiger partial charge in [-0.3, -0.25) is 9.69 Å². The summed E-state index contributed by atoms with van der Waals surface area (Å²) in [6, 6.07) is 17.9. The average molecular weight is 463 g/mol.